The third kappa shape index (κ3) is 3.56. The van der Waals surface area contributed by atoms with Gasteiger partial charge in [-0.3, -0.25) is 5.32 Å². The minimum atomic E-state index is -0.484. The van der Waals surface area contributed by atoms with E-state index in [1.54, 1.807) is 19.9 Å². The van der Waals surface area contributed by atoms with Gasteiger partial charge in [-0.05, 0) is 25.4 Å². The van der Waals surface area contributed by atoms with Crippen LogP contribution in [-0.2, 0) is 4.74 Å². The van der Waals surface area contributed by atoms with Gasteiger partial charge in [-0.2, -0.15) is 4.37 Å². The first kappa shape index (κ1) is 14.2. The van der Waals surface area contributed by atoms with Crippen molar-refractivity contribution in [2.45, 2.75) is 13.8 Å². The highest BCUT2D eigenvalue weighted by Gasteiger charge is 2.20. The molecule has 0 saturated carbocycles. The monoisotopic (exact) mass is 269 g/mol. The number of nitrogens with zero attached hydrogens (tertiary/aromatic N) is 1. The van der Waals surface area contributed by atoms with Gasteiger partial charge in [0.2, 0.25) is 0 Å². The van der Waals surface area contributed by atoms with E-state index in [1.807, 2.05) is 0 Å². The van der Waals surface area contributed by atoms with E-state index >= 15 is 0 Å². The minimum Gasteiger partial charge on any atom is -0.462 e. The number of ether oxygens (including phenoxy) is 1. The number of anilines is 1. The molecule has 18 heavy (non-hydrogen) atoms. The zero-order valence-electron chi connectivity index (χ0n) is 10.3. The second-order valence-electron chi connectivity index (χ2n) is 3.32. The Bertz CT molecular complexity index is 456. The van der Waals surface area contributed by atoms with Crippen LogP contribution in [0, 0.1) is 6.92 Å². The Morgan fingerprint density at radius 3 is 2.89 bits per heavy atom. The van der Waals surface area contributed by atoms with Gasteiger partial charge in [0.15, 0.2) is 0 Å². The third-order valence-electron chi connectivity index (χ3n) is 1.98. The molecule has 0 atom stereocenters. The highest BCUT2D eigenvalue weighted by atomic mass is 32.1. The fourth-order valence-electron chi connectivity index (χ4n) is 1.21. The Labute approximate surface area is 109 Å². The zero-order chi connectivity index (χ0) is 13.5. The summed E-state index contributed by atoms with van der Waals surface area (Å²) in [6.45, 7) is 7.52. The molecular weight excluding hydrogens is 254 g/mol. The average Bonchev–Trinajstić information content (AvgIpc) is 2.68. The van der Waals surface area contributed by atoms with Crippen molar-refractivity contribution in [1.29, 1.82) is 0 Å². The molecule has 1 rings (SSSR count). The van der Waals surface area contributed by atoms with E-state index in [9.17, 15) is 9.59 Å². The van der Waals surface area contributed by atoms with Gasteiger partial charge in [-0.25, -0.2) is 9.59 Å². The molecule has 0 aromatic carbocycles. The van der Waals surface area contributed by atoms with E-state index in [0.29, 0.717) is 22.8 Å². The second kappa shape index (κ2) is 6.75. The van der Waals surface area contributed by atoms with E-state index < -0.39 is 12.0 Å². The number of esters is 1. The van der Waals surface area contributed by atoms with Gasteiger partial charge < -0.3 is 10.1 Å². The van der Waals surface area contributed by atoms with Crippen molar-refractivity contribution in [3.05, 3.63) is 23.9 Å². The fraction of sp³-hybridized carbons (Fsp3) is 0.364. The molecule has 0 unspecified atom stereocenters. The molecule has 0 aliphatic rings. The first-order valence-corrected chi connectivity index (χ1v) is 6.16. The Balaban J connectivity index is 2.80. The number of aryl methyl sites for hydroxylation is 1. The molecule has 1 heterocycles. The van der Waals surface area contributed by atoms with Crippen molar-refractivity contribution in [1.82, 2.24) is 9.69 Å². The predicted octanol–water partition coefficient (Wildman–Crippen LogP) is 1.94. The summed E-state index contributed by atoms with van der Waals surface area (Å²) >= 11 is 1.04. The largest absolute Gasteiger partial charge is 0.462 e. The summed E-state index contributed by atoms with van der Waals surface area (Å²) in [4.78, 5) is 23.2. The number of carbonyl (C=O) groups excluding carboxylic acids is 2. The summed E-state index contributed by atoms with van der Waals surface area (Å²) in [7, 11) is 0. The molecule has 0 aliphatic heterocycles. The summed E-state index contributed by atoms with van der Waals surface area (Å²) in [5, 5.41) is 5.49. The molecule has 0 spiro atoms. The molecule has 0 saturated heterocycles. The first-order chi connectivity index (χ1) is 8.60. The van der Waals surface area contributed by atoms with Crippen LogP contribution in [0.25, 0.3) is 0 Å². The molecular formula is C11H15N3O3S. The maximum atomic E-state index is 11.7. The van der Waals surface area contributed by atoms with Crippen LogP contribution >= 0.6 is 11.5 Å². The molecule has 6 nitrogen and oxygen atoms in total. The van der Waals surface area contributed by atoms with Gasteiger partial charge in [-0.1, -0.05) is 6.08 Å². The van der Waals surface area contributed by atoms with Crippen molar-refractivity contribution in [2.75, 3.05) is 18.5 Å². The Kier molecular flexibility index (Phi) is 5.31. The lowest BCUT2D eigenvalue weighted by Gasteiger charge is -2.06. The minimum absolute atomic E-state index is 0.274. The number of carbonyl (C=O) groups is 2. The van der Waals surface area contributed by atoms with Crippen LogP contribution in [0.3, 0.4) is 0 Å². The quantitative estimate of drug-likeness (QED) is 0.632. The van der Waals surface area contributed by atoms with Crippen molar-refractivity contribution >= 4 is 28.5 Å². The van der Waals surface area contributed by atoms with Crippen molar-refractivity contribution < 1.29 is 14.3 Å². The summed E-state index contributed by atoms with van der Waals surface area (Å²) < 4.78 is 8.94. The molecule has 1 aromatic rings. The van der Waals surface area contributed by atoms with E-state index in [4.69, 9.17) is 4.74 Å². The molecule has 0 fully saturated rings. The van der Waals surface area contributed by atoms with Crippen molar-refractivity contribution in [3.8, 4) is 0 Å². The molecule has 98 valence electrons. The third-order valence-corrected chi connectivity index (χ3v) is 2.83. The molecule has 0 bridgehead atoms. The zero-order valence-corrected chi connectivity index (χ0v) is 11.1. The normalized spacial score (nSPS) is 9.67. The van der Waals surface area contributed by atoms with Gasteiger partial charge in [0.25, 0.3) is 0 Å². The van der Waals surface area contributed by atoms with Gasteiger partial charge in [0.1, 0.15) is 10.6 Å². The molecule has 2 amide bonds. The number of amides is 2. The lowest BCUT2D eigenvalue weighted by Crippen LogP contribution is -2.29. The molecule has 0 radical (unpaired) electrons. The maximum absolute atomic E-state index is 11.7. The maximum Gasteiger partial charge on any atom is 0.343 e. The molecule has 7 heteroatoms. The Morgan fingerprint density at radius 2 is 2.28 bits per heavy atom. The average molecular weight is 269 g/mol. The van der Waals surface area contributed by atoms with Gasteiger partial charge in [-0.15, -0.1) is 6.58 Å². The summed E-state index contributed by atoms with van der Waals surface area (Å²) in [5.41, 5.74) is 0.841. The molecule has 0 aliphatic carbocycles. The summed E-state index contributed by atoms with van der Waals surface area (Å²) in [6.07, 6.45) is 1.56. The second-order valence-corrected chi connectivity index (χ2v) is 4.09. The molecule has 2 N–H and O–H groups in total. The van der Waals surface area contributed by atoms with E-state index in [1.165, 1.54) is 0 Å². The number of nitrogens with one attached hydrogen (secondary N) is 2. The topological polar surface area (TPSA) is 80.3 Å². The smallest absolute Gasteiger partial charge is 0.343 e. The van der Waals surface area contributed by atoms with Gasteiger partial charge >= 0.3 is 12.0 Å². The Morgan fingerprint density at radius 1 is 1.56 bits per heavy atom. The lowest BCUT2D eigenvalue weighted by molar-refractivity contribution is 0.0527. The van der Waals surface area contributed by atoms with Crippen LogP contribution in [-0.4, -0.2) is 29.5 Å². The van der Waals surface area contributed by atoms with E-state index in [0.717, 1.165) is 11.5 Å². The van der Waals surface area contributed by atoms with Crippen LogP contribution in [0.4, 0.5) is 9.80 Å². The first-order valence-electron chi connectivity index (χ1n) is 5.39. The van der Waals surface area contributed by atoms with E-state index in [2.05, 4.69) is 21.6 Å². The van der Waals surface area contributed by atoms with Crippen LogP contribution in [0.15, 0.2) is 12.7 Å². The Hall–Kier alpha value is -1.89. The lowest BCUT2D eigenvalue weighted by atomic mass is 10.2. The van der Waals surface area contributed by atoms with Crippen LogP contribution in [0.5, 0.6) is 0 Å². The van der Waals surface area contributed by atoms with Crippen molar-refractivity contribution in [2.24, 2.45) is 0 Å². The van der Waals surface area contributed by atoms with Gasteiger partial charge in [0.05, 0.1) is 12.3 Å². The summed E-state index contributed by atoms with van der Waals surface area (Å²) in [5.74, 6) is -0.484. The predicted molar refractivity (Wildman–Crippen MR) is 70.0 cm³/mol. The van der Waals surface area contributed by atoms with Gasteiger partial charge in [0, 0.05) is 6.54 Å². The SMILES string of the molecule is C=CCNC(=O)Nc1snc(C)c1C(=O)OCC. The van der Waals surface area contributed by atoms with Crippen LogP contribution < -0.4 is 10.6 Å². The number of hydrogen-bond donors (Lipinski definition) is 2. The highest BCUT2D eigenvalue weighted by molar-refractivity contribution is 7.11. The number of rotatable bonds is 5. The van der Waals surface area contributed by atoms with Crippen molar-refractivity contribution in [3.63, 3.8) is 0 Å². The van der Waals surface area contributed by atoms with E-state index in [-0.39, 0.29) is 6.61 Å². The fourth-order valence-corrected chi connectivity index (χ4v) is 1.99. The number of urea groups is 1. The highest BCUT2D eigenvalue weighted by Crippen LogP contribution is 2.25. The number of aromatic nitrogens is 1. The summed E-state index contributed by atoms with van der Waals surface area (Å²) in [6, 6.07) is -0.413. The standard InChI is InChI=1S/C11H15N3O3S/c1-4-6-12-11(16)13-9-8(7(3)14-18-9)10(15)17-5-2/h4H,1,5-6H2,2-3H3,(H2,12,13,16). The number of hydrogen-bond acceptors (Lipinski definition) is 5. The molecule has 1 aromatic heterocycles. The van der Waals surface area contributed by atoms with Crippen LogP contribution in [0.1, 0.15) is 23.0 Å². The van der Waals surface area contributed by atoms with Crippen LogP contribution in [0.2, 0.25) is 0 Å².